The molecule has 0 heterocycles. The van der Waals surface area contributed by atoms with Gasteiger partial charge in [0.2, 0.25) is 5.91 Å². The Morgan fingerprint density at radius 2 is 0.656 bits per heavy atom. The van der Waals surface area contributed by atoms with Crippen molar-refractivity contribution in [2.75, 3.05) is 6.61 Å². The molecule has 0 aliphatic heterocycles. The summed E-state index contributed by atoms with van der Waals surface area (Å²) in [5, 5.41) is 23.1. The van der Waals surface area contributed by atoms with Gasteiger partial charge in [-0.3, -0.25) is 4.79 Å². The monoisotopic (exact) mass is 896 g/mol. The van der Waals surface area contributed by atoms with Crippen LogP contribution in [0.2, 0.25) is 0 Å². The van der Waals surface area contributed by atoms with Crippen molar-refractivity contribution in [1.29, 1.82) is 0 Å². The predicted octanol–water partition coefficient (Wildman–Crippen LogP) is 19.0. The second kappa shape index (κ2) is 55.7. The van der Waals surface area contributed by atoms with E-state index in [4.69, 9.17) is 0 Å². The van der Waals surface area contributed by atoms with Gasteiger partial charge in [-0.2, -0.15) is 0 Å². The molecule has 64 heavy (non-hydrogen) atoms. The summed E-state index contributed by atoms with van der Waals surface area (Å²) in [6, 6.07) is -0.638. The molecule has 0 fully saturated rings. The zero-order valence-corrected chi connectivity index (χ0v) is 43.3. The van der Waals surface area contributed by atoms with Gasteiger partial charge in [0, 0.05) is 6.42 Å². The fourth-order valence-corrected chi connectivity index (χ4v) is 8.87. The van der Waals surface area contributed by atoms with E-state index in [1.165, 1.54) is 250 Å². The number of aliphatic hydroxyl groups is 2. The molecule has 0 saturated carbocycles. The Bertz CT molecular complexity index is 1020. The fraction of sp³-hybridized carbons (Fsp3) is 0.850. The summed E-state index contributed by atoms with van der Waals surface area (Å²) in [5.41, 5.74) is 0. The number of allylic oxidation sites excluding steroid dienone is 7. The fourth-order valence-electron chi connectivity index (χ4n) is 8.87. The van der Waals surface area contributed by atoms with Gasteiger partial charge in [-0.15, -0.1) is 0 Å². The standard InChI is InChI=1S/C60H113NO3/c1-3-5-7-9-11-13-15-17-19-21-23-24-25-26-27-28-29-30-31-32-33-34-35-36-38-40-42-44-46-48-50-52-54-56-60(64)61-58(57-62)59(63)55-53-51-49-47-45-43-41-39-37-22-20-18-16-14-12-10-8-6-4-2/h15,17,21,23,45,47,53,55,58-59,62-63H,3-14,16,18-20,22,24-44,46,48-52,54,56-57H2,1-2H3,(H,61,64)/b17-15-,23-21-,47-45+,55-53+. The van der Waals surface area contributed by atoms with Crippen LogP contribution in [0.5, 0.6) is 0 Å². The molecule has 0 saturated heterocycles. The molecule has 0 aromatic carbocycles. The molecular weight excluding hydrogens is 783 g/mol. The summed E-state index contributed by atoms with van der Waals surface area (Å²) < 4.78 is 0. The number of aliphatic hydroxyl groups excluding tert-OH is 2. The number of carbonyl (C=O) groups excluding carboxylic acids is 1. The molecule has 376 valence electrons. The molecule has 1 amide bonds. The van der Waals surface area contributed by atoms with Gasteiger partial charge >= 0.3 is 0 Å². The van der Waals surface area contributed by atoms with Crippen molar-refractivity contribution < 1.29 is 15.0 Å². The Kier molecular flexibility index (Phi) is 54.2. The SMILES string of the molecule is CCCCCCC/C=C\C/C=C\CCCCCCCCCCCCCCCCCCCCCCCC(=O)NC(CO)C(O)/C=C/CC/C=C/CCCCCCCCCCCCCCC. The van der Waals surface area contributed by atoms with Gasteiger partial charge in [-0.1, -0.05) is 287 Å². The molecule has 0 aliphatic carbocycles. The Hall–Kier alpha value is -1.65. The van der Waals surface area contributed by atoms with Crippen LogP contribution in [0.3, 0.4) is 0 Å². The molecule has 0 radical (unpaired) electrons. The zero-order valence-electron chi connectivity index (χ0n) is 43.3. The third-order valence-electron chi connectivity index (χ3n) is 13.3. The lowest BCUT2D eigenvalue weighted by molar-refractivity contribution is -0.123. The lowest BCUT2D eigenvalue weighted by Gasteiger charge is -2.19. The number of carbonyl (C=O) groups is 1. The Labute approximate surface area is 401 Å². The van der Waals surface area contributed by atoms with E-state index in [0.717, 1.165) is 38.5 Å². The van der Waals surface area contributed by atoms with E-state index < -0.39 is 12.1 Å². The van der Waals surface area contributed by atoms with Crippen molar-refractivity contribution in [1.82, 2.24) is 5.32 Å². The van der Waals surface area contributed by atoms with E-state index in [1.807, 2.05) is 6.08 Å². The Morgan fingerprint density at radius 3 is 1.00 bits per heavy atom. The van der Waals surface area contributed by atoms with Gasteiger partial charge in [-0.05, 0) is 64.2 Å². The number of unbranched alkanes of at least 4 members (excludes halogenated alkanes) is 40. The van der Waals surface area contributed by atoms with Crippen molar-refractivity contribution in [3.8, 4) is 0 Å². The van der Waals surface area contributed by atoms with Crippen molar-refractivity contribution >= 4 is 5.91 Å². The maximum atomic E-state index is 12.5. The van der Waals surface area contributed by atoms with Gasteiger partial charge in [0.15, 0.2) is 0 Å². The number of nitrogens with one attached hydrogen (secondary N) is 1. The smallest absolute Gasteiger partial charge is 0.220 e. The lowest BCUT2D eigenvalue weighted by Crippen LogP contribution is -2.45. The van der Waals surface area contributed by atoms with E-state index >= 15 is 0 Å². The molecule has 0 aliphatic rings. The van der Waals surface area contributed by atoms with E-state index in [1.54, 1.807) is 6.08 Å². The minimum Gasteiger partial charge on any atom is -0.394 e. The van der Waals surface area contributed by atoms with Crippen LogP contribution in [0.4, 0.5) is 0 Å². The number of hydrogen-bond donors (Lipinski definition) is 3. The number of hydrogen-bond acceptors (Lipinski definition) is 3. The molecule has 4 heteroatoms. The summed E-state index contributed by atoms with van der Waals surface area (Å²) in [4.78, 5) is 12.5. The van der Waals surface area contributed by atoms with Crippen LogP contribution < -0.4 is 5.32 Å². The van der Waals surface area contributed by atoms with Gasteiger partial charge < -0.3 is 15.5 Å². The Balaban J connectivity index is 3.47. The maximum Gasteiger partial charge on any atom is 0.220 e. The van der Waals surface area contributed by atoms with Crippen molar-refractivity contribution in [2.24, 2.45) is 0 Å². The van der Waals surface area contributed by atoms with Crippen molar-refractivity contribution in [3.05, 3.63) is 48.6 Å². The van der Waals surface area contributed by atoms with Crippen LogP contribution >= 0.6 is 0 Å². The molecule has 2 atom stereocenters. The summed E-state index contributed by atoms with van der Waals surface area (Å²) in [6.45, 7) is 4.31. The molecule has 2 unspecified atom stereocenters. The van der Waals surface area contributed by atoms with E-state index in [9.17, 15) is 15.0 Å². The van der Waals surface area contributed by atoms with Crippen LogP contribution in [0.1, 0.15) is 309 Å². The maximum absolute atomic E-state index is 12.5. The van der Waals surface area contributed by atoms with Gasteiger partial charge in [0.05, 0.1) is 18.8 Å². The zero-order chi connectivity index (χ0) is 46.3. The Morgan fingerprint density at radius 1 is 0.375 bits per heavy atom. The highest BCUT2D eigenvalue weighted by Gasteiger charge is 2.18. The lowest BCUT2D eigenvalue weighted by atomic mass is 10.0. The average molecular weight is 897 g/mol. The third-order valence-corrected chi connectivity index (χ3v) is 13.3. The van der Waals surface area contributed by atoms with Crippen molar-refractivity contribution in [3.63, 3.8) is 0 Å². The molecular formula is C60H113NO3. The second-order valence-electron chi connectivity index (χ2n) is 19.7. The van der Waals surface area contributed by atoms with E-state index in [0.29, 0.717) is 6.42 Å². The van der Waals surface area contributed by atoms with Gasteiger partial charge in [-0.25, -0.2) is 0 Å². The quantitative estimate of drug-likeness (QED) is 0.0421. The van der Waals surface area contributed by atoms with E-state index in [-0.39, 0.29) is 12.5 Å². The van der Waals surface area contributed by atoms with Crippen LogP contribution in [0, 0.1) is 0 Å². The molecule has 0 aromatic rings. The summed E-state index contributed by atoms with van der Waals surface area (Å²) >= 11 is 0. The summed E-state index contributed by atoms with van der Waals surface area (Å²) in [6.07, 6.45) is 77.1. The minimum atomic E-state index is -0.862. The first kappa shape index (κ1) is 62.4. The highest BCUT2D eigenvalue weighted by Crippen LogP contribution is 2.17. The van der Waals surface area contributed by atoms with Crippen LogP contribution in [0.15, 0.2) is 48.6 Å². The van der Waals surface area contributed by atoms with E-state index in [2.05, 4.69) is 55.6 Å². The number of amides is 1. The van der Waals surface area contributed by atoms with Crippen LogP contribution in [-0.4, -0.2) is 34.9 Å². The molecule has 0 bridgehead atoms. The van der Waals surface area contributed by atoms with Crippen molar-refractivity contribution in [2.45, 2.75) is 321 Å². The largest absolute Gasteiger partial charge is 0.394 e. The van der Waals surface area contributed by atoms with Gasteiger partial charge in [0.1, 0.15) is 0 Å². The molecule has 0 aromatic heterocycles. The highest BCUT2D eigenvalue weighted by atomic mass is 16.3. The molecule has 0 spiro atoms. The molecule has 3 N–H and O–H groups in total. The first-order valence-corrected chi connectivity index (χ1v) is 28.9. The first-order chi connectivity index (χ1) is 31.7. The topological polar surface area (TPSA) is 69.6 Å². The first-order valence-electron chi connectivity index (χ1n) is 28.9. The molecule has 4 nitrogen and oxygen atoms in total. The summed E-state index contributed by atoms with van der Waals surface area (Å²) in [5.74, 6) is -0.0691. The second-order valence-corrected chi connectivity index (χ2v) is 19.7. The summed E-state index contributed by atoms with van der Waals surface area (Å²) in [7, 11) is 0. The minimum absolute atomic E-state index is 0.0691. The molecule has 0 rings (SSSR count). The normalized spacial score (nSPS) is 13.1. The third kappa shape index (κ3) is 51.3. The van der Waals surface area contributed by atoms with Gasteiger partial charge in [0.25, 0.3) is 0 Å². The average Bonchev–Trinajstić information content (AvgIpc) is 3.30. The number of rotatable bonds is 53. The van der Waals surface area contributed by atoms with Crippen LogP contribution in [-0.2, 0) is 4.79 Å². The van der Waals surface area contributed by atoms with Crippen LogP contribution in [0.25, 0.3) is 0 Å². The highest BCUT2D eigenvalue weighted by molar-refractivity contribution is 5.76. The predicted molar refractivity (Wildman–Crippen MR) is 285 cm³/mol.